The highest BCUT2D eigenvalue weighted by atomic mass is 32.2. The number of amides is 2. The molecule has 1 aromatic carbocycles. The Balaban J connectivity index is 1.82. The molecule has 164 valence electrons. The van der Waals surface area contributed by atoms with E-state index in [1.807, 2.05) is 0 Å². The summed E-state index contributed by atoms with van der Waals surface area (Å²) in [4.78, 5) is 25.0. The first kappa shape index (κ1) is 22.4. The van der Waals surface area contributed by atoms with Gasteiger partial charge in [0.15, 0.2) is 9.84 Å². The van der Waals surface area contributed by atoms with Crippen LogP contribution in [0.5, 0.6) is 0 Å². The van der Waals surface area contributed by atoms with E-state index in [0.29, 0.717) is 5.56 Å². The van der Waals surface area contributed by atoms with Gasteiger partial charge in [0.1, 0.15) is 5.71 Å². The molecule has 3 rings (SSSR count). The molecule has 0 aromatic heterocycles. The minimum Gasteiger partial charge on any atom is -0.321 e. The lowest BCUT2D eigenvalue weighted by molar-refractivity contribution is -0.133. The summed E-state index contributed by atoms with van der Waals surface area (Å²) in [6, 6.07) is 3.98. The van der Waals surface area contributed by atoms with Gasteiger partial charge in [0, 0.05) is 32.6 Å². The minimum atomic E-state index is -3.69. The lowest BCUT2D eigenvalue weighted by Crippen LogP contribution is -2.42. The van der Waals surface area contributed by atoms with Crippen LogP contribution in [0.2, 0.25) is 0 Å². The number of benzene rings is 1. The highest BCUT2D eigenvalue weighted by Gasteiger charge is 2.37. The number of carbonyl (C=O) groups is 2. The van der Waals surface area contributed by atoms with Gasteiger partial charge < -0.3 is 5.32 Å². The molecule has 10 nitrogen and oxygen atoms in total. The summed E-state index contributed by atoms with van der Waals surface area (Å²) >= 11 is 0. The predicted octanol–water partition coefficient (Wildman–Crippen LogP) is 0.349. The Labute approximate surface area is 175 Å². The van der Waals surface area contributed by atoms with Crippen LogP contribution in [0.25, 0.3) is 0 Å². The average molecular weight is 457 g/mol. The van der Waals surface area contributed by atoms with Crippen LogP contribution < -0.4 is 5.32 Å². The molecular weight excluding hydrogens is 432 g/mol. The summed E-state index contributed by atoms with van der Waals surface area (Å²) in [6.07, 6.45) is 0.461. The van der Waals surface area contributed by atoms with E-state index in [1.165, 1.54) is 20.2 Å². The molecule has 2 aliphatic rings. The van der Waals surface area contributed by atoms with Crippen molar-refractivity contribution in [2.75, 3.05) is 30.9 Å². The summed E-state index contributed by atoms with van der Waals surface area (Å²) < 4.78 is 49.5. The van der Waals surface area contributed by atoms with Gasteiger partial charge in [0.2, 0.25) is 15.9 Å². The fourth-order valence-electron chi connectivity index (χ4n) is 3.34. The van der Waals surface area contributed by atoms with Crippen molar-refractivity contribution in [2.45, 2.75) is 37.1 Å². The maximum Gasteiger partial charge on any atom is 0.271 e. The standard InChI is InChI=1S/C18H24N4O6S2/c1-12-4-5-13(10-16(12)30(27,28)21(2)3)19-18(24)15-6-7-17(23)22(20-15)14-8-9-29(25,26)11-14/h4-5,10,14H,6-9,11H2,1-3H3,(H,19,24)/t14-/m1/s1. The van der Waals surface area contributed by atoms with Crippen molar-refractivity contribution in [3.63, 3.8) is 0 Å². The van der Waals surface area contributed by atoms with Crippen LogP contribution in [0.3, 0.4) is 0 Å². The van der Waals surface area contributed by atoms with Gasteiger partial charge >= 0.3 is 0 Å². The molecule has 0 saturated carbocycles. The number of hydrazone groups is 1. The largest absolute Gasteiger partial charge is 0.321 e. The summed E-state index contributed by atoms with van der Waals surface area (Å²) in [5.41, 5.74) is 0.910. The molecule has 1 atom stereocenters. The number of nitrogens with zero attached hydrogens (tertiary/aromatic N) is 3. The van der Waals surface area contributed by atoms with Crippen LogP contribution in [0, 0.1) is 6.92 Å². The normalized spacial score (nSPS) is 21.6. The maximum absolute atomic E-state index is 12.7. The lowest BCUT2D eigenvalue weighted by Gasteiger charge is -2.27. The van der Waals surface area contributed by atoms with Gasteiger partial charge in [-0.05, 0) is 31.0 Å². The smallest absolute Gasteiger partial charge is 0.271 e. The van der Waals surface area contributed by atoms with Gasteiger partial charge in [-0.3, -0.25) is 9.59 Å². The number of aryl methyl sites for hydroxylation is 1. The number of hydrogen-bond acceptors (Lipinski definition) is 7. The second-order valence-corrected chi connectivity index (χ2v) is 11.9. The first-order chi connectivity index (χ1) is 13.9. The molecule has 30 heavy (non-hydrogen) atoms. The van der Waals surface area contributed by atoms with Gasteiger partial charge in [0.25, 0.3) is 5.91 Å². The van der Waals surface area contributed by atoms with Crippen molar-refractivity contribution in [2.24, 2.45) is 5.10 Å². The predicted molar refractivity (Wildman–Crippen MR) is 111 cm³/mol. The molecule has 12 heteroatoms. The van der Waals surface area contributed by atoms with E-state index >= 15 is 0 Å². The zero-order valence-electron chi connectivity index (χ0n) is 17.0. The fourth-order valence-corrected chi connectivity index (χ4v) is 6.18. The molecule has 2 amide bonds. The zero-order valence-corrected chi connectivity index (χ0v) is 18.6. The zero-order chi connectivity index (χ0) is 22.3. The number of anilines is 1. The number of hydrogen-bond donors (Lipinski definition) is 1. The van der Waals surface area contributed by atoms with Crippen molar-refractivity contribution in [1.29, 1.82) is 0 Å². The van der Waals surface area contributed by atoms with Gasteiger partial charge in [-0.2, -0.15) is 5.10 Å². The maximum atomic E-state index is 12.7. The van der Waals surface area contributed by atoms with Crippen LogP contribution in [0.4, 0.5) is 5.69 Å². The van der Waals surface area contributed by atoms with E-state index in [-0.39, 0.29) is 53.0 Å². The summed E-state index contributed by atoms with van der Waals surface area (Å²) in [5, 5.41) is 7.86. The van der Waals surface area contributed by atoms with E-state index in [1.54, 1.807) is 19.1 Å². The molecule has 2 aliphatic heterocycles. The van der Waals surface area contributed by atoms with E-state index in [4.69, 9.17) is 0 Å². The van der Waals surface area contributed by atoms with Crippen molar-refractivity contribution >= 4 is 43.1 Å². The van der Waals surface area contributed by atoms with Gasteiger partial charge in [0.05, 0.1) is 22.4 Å². The van der Waals surface area contributed by atoms with E-state index in [2.05, 4.69) is 10.4 Å². The van der Waals surface area contributed by atoms with Crippen LogP contribution in [-0.4, -0.2) is 75.3 Å². The molecule has 0 bridgehead atoms. The van der Waals surface area contributed by atoms with Crippen LogP contribution in [-0.2, 0) is 29.4 Å². The second kappa shape index (κ2) is 8.08. The van der Waals surface area contributed by atoms with Crippen LogP contribution >= 0.6 is 0 Å². The molecular formula is C18H24N4O6S2. The lowest BCUT2D eigenvalue weighted by atomic mass is 10.1. The Morgan fingerprint density at radius 3 is 2.57 bits per heavy atom. The quantitative estimate of drug-likeness (QED) is 0.680. The van der Waals surface area contributed by atoms with Crippen molar-refractivity contribution < 1.29 is 26.4 Å². The Morgan fingerprint density at radius 2 is 1.97 bits per heavy atom. The minimum absolute atomic E-state index is 0.00894. The van der Waals surface area contributed by atoms with Crippen LogP contribution in [0.15, 0.2) is 28.2 Å². The highest BCUT2D eigenvalue weighted by Crippen LogP contribution is 2.24. The van der Waals surface area contributed by atoms with Gasteiger partial charge in [-0.1, -0.05) is 6.07 Å². The van der Waals surface area contributed by atoms with E-state index in [9.17, 15) is 26.4 Å². The van der Waals surface area contributed by atoms with Gasteiger partial charge in [-0.15, -0.1) is 0 Å². The molecule has 1 saturated heterocycles. The Kier molecular flexibility index (Phi) is 6.03. The highest BCUT2D eigenvalue weighted by molar-refractivity contribution is 7.91. The van der Waals surface area contributed by atoms with Crippen molar-refractivity contribution in [1.82, 2.24) is 9.31 Å². The number of nitrogens with one attached hydrogen (secondary N) is 1. The molecule has 0 radical (unpaired) electrons. The number of rotatable bonds is 5. The molecule has 1 aromatic rings. The third kappa shape index (κ3) is 4.55. The molecule has 0 unspecified atom stereocenters. The topological polar surface area (TPSA) is 133 Å². The molecule has 0 spiro atoms. The van der Waals surface area contributed by atoms with Crippen molar-refractivity contribution in [3.05, 3.63) is 23.8 Å². The number of carbonyl (C=O) groups excluding carboxylic acids is 2. The monoisotopic (exact) mass is 456 g/mol. The molecule has 0 aliphatic carbocycles. The van der Waals surface area contributed by atoms with E-state index < -0.39 is 31.8 Å². The van der Waals surface area contributed by atoms with Crippen LogP contribution in [0.1, 0.15) is 24.8 Å². The summed E-state index contributed by atoms with van der Waals surface area (Å²) in [7, 11) is -4.05. The fraction of sp³-hybridized carbons (Fsp3) is 0.500. The number of sulfonamides is 1. The second-order valence-electron chi connectivity index (χ2n) is 7.56. The van der Waals surface area contributed by atoms with E-state index in [0.717, 1.165) is 9.31 Å². The third-order valence-corrected chi connectivity index (χ3v) is 8.79. The molecule has 1 fully saturated rings. The Morgan fingerprint density at radius 1 is 1.27 bits per heavy atom. The average Bonchev–Trinajstić information content (AvgIpc) is 3.02. The van der Waals surface area contributed by atoms with Crippen molar-refractivity contribution in [3.8, 4) is 0 Å². The SMILES string of the molecule is Cc1ccc(NC(=O)C2=NN([C@@H]3CCS(=O)(=O)C3)C(=O)CC2)cc1S(=O)(=O)N(C)C. The Hall–Kier alpha value is -2.31. The third-order valence-electron chi connectivity index (χ3n) is 5.08. The van der Waals surface area contributed by atoms with Gasteiger partial charge in [-0.25, -0.2) is 26.1 Å². The first-order valence-electron chi connectivity index (χ1n) is 9.35. The Bertz CT molecular complexity index is 1130. The first-order valence-corrected chi connectivity index (χ1v) is 12.6. The summed E-state index contributed by atoms with van der Waals surface area (Å²) in [6.45, 7) is 1.66. The number of sulfone groups is 1. The molecule has 2 heterocycles. The molecule has 1 N–H and O–H groups in total. The summed E-state index contributed by atoms with van der Waals surface area (Å²) in [5.74, 6) is -1.06.